The SMILES string of the molecule is Cc1nc(CN(C)C)n(-c2ccc(Cl)cc2C(=O)c2ccccn2)c1CN1C(=O)c2ccccc2C1=O. The lowest BCUT2D eigenvalue weighted by Gasteiger charge is -2.20. The van der Waals surface area contributed by atoms with Gasteiger partial charge in [-0.05, 0) is 63.5 Å². The van der Waals surface area contributed by atoms with Crippen LogP contribution in [0.3, 0.4) is 0 Å². The van der Waals surface area contributed by atoms with Crippen molar-refractivity contribution in [3.8, 4) is 5.69 Å². The van der Waals surface area contributed by atoms with Crippen LogP contribution >= 0.6 is 11.6 Å². The average molecular weight is 514 g/mol. The molecule has 0 saturated carbocycles. The molecule has 0 fully saturated rings. The second-order valence-electron chi connectivity index (χ2n) is 9.08. The summed E-state index contributed by atoms with van der Waals surface area (Å²) in [6.45, 7) is 2.29. The van der Waals surface area contributed by atoms with Crippen LogP contribution in [0.25, 0.3) is 5.69 Å². The van der Waals surface area contributed by atoms with E-state index in [1.165, 1.54) is 4.90 Å². The Morgan fingerprint density at radius 1 is 0.973 bits per heavy atom. The second kappa shape index (κ2) is 9.72. The summed E-state index contributed by atoms with van der Waals surface area (Å²) in [7, 11) is 3.83. The summed E-state index contributed by atoms with van der Waals surface area (Å²) in [4.78, 5) is 52.0. The molecular weight excluding hydrogens is 490 g/mol. The predicted octanol–water partition coefficient (Wildman–Crippen LogP) is 4.32. The summed E-state index contributed by atoms with van der Waals surface area (Å²) < 4.78 is 1.85. The second-order valence-corrected chi connectivity index (χ2v) is 9.52. The first-order valence-electron chi connectivity index (χ1n) is 11.7. The van der Waals surface area contributed by atoms with Crippen LogP contribution in [0.2, 0.25) is 5.02 Å². The molecule has 0 saturated heterocycles. The number of carbonyl (C=O) groups excluding carboxylic acids is 3. The molecule has 2 aromatic carbocycles. The number of hydrogen-bond acceptors (Lipinski definition) is 6. The van der Waals surface area contributed by atoms with Crippen LogP contribution < -0.4 is 0 Å². The van der Waals surface area contributed by atoms with Gasteiger partial charge in [0, 0.05) is 16.8 Å². The molecular formula is C28H24ClN5O3. The average Bonchev–Trinajstić information content (AvgIpc) is 3.32. The summed E-state index contributed by atoms with van der Waals surface area (Å²) in [6, 6.07) is 17.0. The van der Waals surface area contributed by atoms with Crippen LogP contribution in [0.4, 0.5) is 0 Å². The van der Waals surface area contributed by atoms with Crippen molar-refractivity contribution < 1.29 is 14.4 Å². The van der Waals surface area contributed by atoms with E-state index in [2.05, 4.69) is 4.98 Å². The van der Waals surface area contributed by atoms with Gasteiger partial charge in [0.2, 0.25) is 5.78 Å². The van der Waals surface area contributed by atoms with E-state index in [1.54, 1.807) is 66.9 Å². The number of rotatable bonds is 7. The Labute approximate surface area is 219 Å². The highest BCUT2D eigenvalue weighted by molar-refractivity contribution is 6.31. The van der Waals surface area contributed by atoms with Crippen LogP contribution in [-0.4, -0.2) is 56.0 Å². The largest absolute Gasteiger partial charge is 0.302 e. The minimum absolute atomic E-state index is 0.00154. The molecule has 1 aliphatic heterocycles. The maximum absolute atomic E-state index is 13.6. The van der Waals surface area contributed by atoms with Gasteiger partial charge in [-0.3, -0.25) is 28.8 Å². The van der Waals surface area contributed by atoms with Crippen molar-refractivity contribution in [2.75, 3.05) is 14.1 Å². The molecule has 4 aromatic rings. The van der Waals surface area contributed by atoms with Gasteiger partial charge in [-0.2, -0.15) is 0 Å². The molecule has 3 heterocycles. The molecule has 2 aromatic heterocycles. The van der Waals surface area contributed by atoms with Crippen LogP contribution in [-0.2, 0) is 13.1 Å². The number of pyridine rings is 1. The Hall–Kier alpha value is -4.14. The number of benzene rings is 2. The fourth-order valence-electron chi connectivity index (χ4n) is 4.54. The smallest absolute Gasteiger partial charge is 0.261 e. The highest BCUT2D eigenvalue weighted by atomic mass is 35.5. The normalized spacial score (nSPS) is 12.9. The molecule has 0 spiro atoms. The highest BCUT2D eigenvalue weighted by Crippen LogP contribution is 2.30. The van der Waals surface area contributed by atoms with Gasteiger partial charge in [-0.15, -0.1) is 0 Å². The number of amides is 2. The number of nitrogens with zero attached hydrogens (tertiary/aromatic N) is 5. The van der Waals surface area contributed by atoms with Gasteiger partial charge in [-0.1, -0.05) is 29.8 Å². The van der Waals surface area contributed by atoms with E-state index in [0.29, 0.717) is 51.2 Å². The standard InChI is InChI=1S/C28H24ClN5O3/c1-17-24(15-33-27(36)19-8-4-5-9-20(19)28(33)37)34(25(31-17)16-32(2)3)23-12-11-18(29)14-21(23)26(35)22-10-6-7-13-30-22/h4-14H,15-16H2,1-3H3. The Balaban J connectivity index is 1.66. The third-order valence-electron chi connectivity index (χ3n) is 6.23. The van der Waals surface area contributed by atoms with Gasteiger partial charge in [0.05, 0.1) is 41.3 Å². The zero-order valence-corrected chi connectivity index (χ0v) is 21.4. The van der Waals surface area contributed by atoms with Crippen molar-refractivity contribution in [1.82, 2.24) is 24.3 Å². The molecule has 186 valence electrons. The van der Waals surface area contributed by atoms with Crippen molar-refractivity contribution in [2.45, 2.75) is 20.0 Å². The van der Waals surface area contributed by atoms with Gasteiger partial charge in [0.1, 0.15) is 11.5 Å². The molecule has 0 aliphatic carbocycles. The lowest BCUT2D eigenvalue weighted by molar-refractivity contribution is 0.0639. The van der Waals surface area contributed by atoms with E-state index in [-0.39, 0.29) is 29.8 Å². The van der Waals surface area contributed by atoms with Crippen molar-refractivity contribution in [2.24, 2.45) is 0 Å². The zero-order valence-electron chi connectivity index (χ0n) is 20.6. The molecule has 0 N–H and O–H groups in total. The molecule has 0 radical (unpaired) electrons. The fourth-order valence-corrected chi connectivity index (χ4v) is 4.71. The van der Waals surface area contributed by atoms with Crippen LogP contribution in [0.5, 0.6) is 0 Å². The van der Waals surface area contributed by atoms with E-state index in [0.717, 1.165) is 0 Å². The number of halogens is 1. The lowest BCUT2D eigenvalue weighted by atomic mass is 10.0. The number of imide groups is 1. The predicted molar refractivity (Wildman–Crippen MR) is 139 cm³/mol. The topological polar surface area (TPSA) is 88.4 Å². The molecule has 0 unspecified atom stereocenters. The molecule has 8 nitrogen and oxygen atoms in total. The number of imidazole rings is 1. The molecule has 9 heteroatoms. The highest BCUT2D eigenvalue weighted by Gasteiger charge is 2.36. The van der Waals surface area contributed by atoms with Crippen LogP contribution in [0.1, 0.15) is 54.0 Å². The number of fused-ring (bicyclic) bond motifs is 1. The number of ketones is 1. The Bertz CT molecular complexity index is 1510. The number of aromatic nitrogens is 3. The molecule has 37 heavy (non-hydrogen) atoms. The molecule has 5 rings (SSSR count). The third-order valence-corrected chi connectivity index (χ3v) is 6.46. The maximum Gasteiger partial charge on any atom is 0.261 e. The summed E-state index contributed by atoms with van der Waals surface area (Å²) in [6.07, 6.45) is 1.56. The van der Waals surface area contributed by atoms with E-state index >= 15 is 0 Å². The Morgan fingerprint density at radius 3 is 2.27 bits per heavy atom. The van der Waals surface area contributed by atoms with Crippen molar-refractivity contribution >= 4 is 29.2 Å². The lowest BCUT2D eigenvalue weighted by Crippen LogP contribution is -2.30. The van der Waals surface area contributed by atoms with Gasteiger partial charge in [-0.25, -0.2) is 4.98 Å². The summed E-state index contributed by atoms with van der Waals surface area (Å²) >= 11 is 6.33. The van der Waals surface area contributed by atoms with E-state index in [4.69, 9.17) is 16.6 Å². The van der Waals surface area contributed by atoms with Gasteiger partial charge in [0.15, 0.2) is 0 Å². The fraction of sp³-hybridized carbons (Fsp3) is 0.179. The van der Waals surface area contributed by atoms with Crippen molar-refractivity contribution in [3.63, 3.8) is 0 Å². The third kappa shape index (κ3) is 4.45. The van der Waals surface area contributed by atoms with Crippen LogP contribution in [0, 0.1) is 6.92 Å². The Morgan fingerprint density at radius 2 is 1.65 bits per heavy atom. The van der Waals surface area contributed by atoms with Crippen LogP contribution in [0.15, 0.2) is 66.9 Å². The van der Waals surface area contributed by atoms with Gasteiger partial charge >= 0.3 is 0 Å². The first-order chi connectivity index (χ1) is 17.8. The first-order valence-corrected chi connectivity index (χ1v) is 12.1. The van der Waals surface area contributed by atoms with Gasteiger partial charge in [0.25, 0.3) is 11.8 Å². The summed E-state index contributed by atoms with van der Waals surface area (Å²) in [5, 5.41) is 0.399. The summed E-state index contributed by atoms with van der Waals surface area (Å²) in [5.41, 5.74) is 3.20. The minimum Gasteiger partial charge on any atom is -0.302 e. The number of aryl methyl sites for hydroxylation is 1. The summed E-state index contributed by atoms with van der Waals surface area (Å²) in [5.74, 6) is -0.357. The molecule has 0 bridgehead atoms. The molecule has 2 amide bonds. The van der Waals surface area contributed by atoms with Gasteiger partial charge < -0.3 is 4.90 Å². The maximum atomic E-state index is 13.6. The Kier molecular flexibility index (Phi) is 6.45. The van der Waals surface area contributed by atoms with E-state index in [1.807, 2.05) is 30.5 Å². The quantitative estimate of drug-likeness (QED) is 0.270. The van der Waals surface area contributed by atoms with Crippen molar-refractivity contribution in [3.05, 3.63) is 111 Å². The van der Waals surface area contributed by atoms with Crippen molar-refractivity contribution in [1.29, 1.82) is 0 Å². The minimum atomic E-state index is -0.359. The molecule has 1 aliphatic rings. The number of hydrogen-bond donors (Lipinski definition) is 0. The molecule has 0 atom stereocenters. The van der Waals surface area contributed by atoms with E-state index < -0.39 is 0 Å². The number of carbonyl (C=O) groups is 3. The zero-order chi connectivity index (χ0) is 26.3. The monoisotopic (exact) mass is 513 g/mol. The van der Waals surface area contributed by atoms with E-state index in [9.17, 15) is 14.4 Å². The first kappa shape index (κ1) is 24.5.